The number of aryl methyl sites for hydroxylation is 1. The van der Waals surface area contributed by atoms with Gasteiger partial charge in [-0.05, 0) is 62.2 Å². The minimum absolute atomic E-state index is 0.139. The second-order valence-corrected chi connectivity index (χ2v) is 9.50. The van der Waals surface area contributed by atoms with Gasteiger partial charge in [0.25, 0.3) is 0 Å². The Morgan fingerprint density at radius 3 is 1.91 bits per heavy atom. The quantitative estimate of drug-likeness (QED) is 0.414. The van der Waals surface area contributed by atoms with E-state index >= 15 is 0 Å². The first kappa shape index (κ1) is 16.6. The van der Waals surface area contributed by atoms with Gasteiger partial charge in [0.05, 0.1) is 5.52 Å². The average Bonchev–Trinajstić information content (AvgIpc) is 2.70. The van der Waals surface area contributed by atoms with Gasteiger partial charge in [-0.2, -0.15) is 0 Å². The molecule has 0 aliphatic carbocycles. The molecule has 0 spiro atoms. The van der Waals surface area contributed by atoms with E-state index in [0.29, 0.717) is 0 Å². The maximum absolute atomic E-state index is 3.81. The highest BCUT2D eigenvalue weighted by molar-refractivity contribution is 9.10. The van der Waals surface area contributed by atoms with Crippen molar-refractivity contribution in [1.82, 2.24) is 4.57 Å². The van der Waals surface area contributed by atoms with Crippen molar-refractivity contribution in [3.8, 4) is 0 Å². The van der Waals surface area contributed by atoms with Crippen molar-refractivity contribution in [2.24, 2.45) is 7.05 Å². The Kier molecular flexibility index (Phi) is 3.68. The van der Waals surface area contributed by atoms with Crippen molar-refractivity contribution in [3.63, 3.8) is 0 Å². The molecule has 0 unspecified atom stereocenters. The maximum Gasteiger partial charge on any atom is 0.0633 e. The molecule has 23 heavy (non-hydrogen) atoms. The number of halogens is 1. The molecule has 0 bridgehead atoms. The Morgan fingerprint density at radius 1 is 0.783 bits per heavy atom. The predicted octanol–water partition coefficient (Wildman–Crippen LogP) is 6.69. The van der Waals surface area contributed by atoms with Crippen LogP contribution in [0.5, 0.6) is 0 Å². The van der Waals surface area contributed by atoms with Gasteiger partial charge in [0.1, 0.15) is 0 Å². The second kappa shape index (κ2) is 5.11. The van der Waals surface area contributed by atoms with E-state index in [9.17, 15) is 0 Å². The first-order valence-electron chi connectivity index (χ1n) is 8.23. The normalized spacial score (nSPS) is 13.2. The van der Waals surface area contributed by atoms with E-state index in [4.69, 9.17) is 0 Å². The zero-order valence-electron chi connectivity index (χ0n) is 15.2. The molecule has 0 saturated carbocycles. The summed E-state index contributed by atoms with van der Waals surface area (Å²) in [5, 5.41) is 2.69. The molecule has 1 nitrogen and oxygen atoms in total. The summed E-state index contributed by atoms with van der Waals surface area (Å²) in [4.78, 5) is 0. The summed E-state index contributed by atoms with van der Waals surface area (Å²) in [6.45, 7) is 13.6. The van der Waals surface area contributed by atoms with E-state index in [0.717, 1.165) is 0 Å². The lowest BCUT2D eigenvalue weighted by atomic mass is 9.85. The number of rotatable bonds is 0. The molecule has 3 aromatic rings. The van der Waals surface area contributed by atoms with Gasteiger partial charge in [-0.15, -0.1) is 0 Å². The van der Waals surface area contributed by atoms with Gasteiger partial charge in [0.2, 0.25) is 0 Å². The van der Waals surface area contributed by atoms with Crippen LogP contribution >= 0.6 is 15.9 Å². The van der Waals surface area contributed by atoms with E-state index < -0.39 is 0 Å². The maximum atomic E-state index is 3.81. The fraction of sp³-hybridized carbons (Fsp3) is 0.429. The molecule has 122 valence electrons. The molecule has 0 atom stereocenters. The monoisotopic (exact) mass is 371 g/mol. The van der Waals surface area contributed by atoms with Gasteiger partial charge in [-0.1, -0.05) is 47.6 Å². The first-order chi connectivity index (χ1) is 10.5. The van der Waals surface area contributed by atoms with Crippen LogP contribution in [-0.2, 0) is 17.9 Å². The number of benzene rings is 2. The van der Waals surface area contributed by atoms with E-state index in [1.165, 1.54) is 37.4 Å². The van der Waals surface area contributed by atoms with Crippen molar-refractivity contribution >= 4 is 37.7 Å². The highest BCUT2D eigenvalue weighted by Gasteiger charge is 2.20. The van der Waals surface area contributed by atoms with Crippen molar-refractivity contribution in [2.75, 3.05) is 0 Å². The fourth-order valence-corrected chi connectivity index (χ4v) is 3.94. The largest absolute Gasteiger partial charge is 0.343 e. The SMILES string of the molecule is Cn1c2ccc(C(C)(C)C)cc2c2cc(C(C)(C)C)cc(Br)c21. The molecule has 1 aromatic heterocycles. The molecule has 1 heterocycles. The second-order valence-electron chi connectivity index (χ2n) is 8.65. The van der Waals surface area contributed by atoms with Gasteiger partial charge >= 0.3 is 0 Å². The molecule has 0 aliphatic rings. The lowest BCUT2D eigenvalue weighted by Crippen LogP contribution is -2.11. The summed E-state index contributed by atoms with van der Waals surface area (Å²) in [6.07, 6.45) is 0. The van der Waals surface area contributed by atoms with Crippen molar-refractivity contribution in [3.05, 3.63) is 45.9 Å². The van der Waals surface area contributed by atoms with Crippen molar-refractivity contribution in [1.29, 1.82) is 0 Å². The van der Waals surface area contributed by atoms with Crippen LogP contribution in [0.15, 0.2) is 34.8 Å². The summed E-state index contributed by atoms with van der Waals surface area (Å²) in [6, 6.07) is 11.5. The van der Waals surface area contributed by atoms with Crippen LogP contribution in [0.2, 0.25) is 0 Å². The van der Waals surface area contributed by atoms with Crippen LogP contribution in [0.3, 0.4) is 0 Å². The van der Waals surface area contributed by atoms with E-state index in [1.807, 2.05) is 0 Å². The zero-order chi connectivity index (χ0) is 17.2. The summed E-state index contributed by atoms with van der Waals surface area (Å²) in [5.74, 6) is 0. The lowest BCUT2D eigenvalue weighted by Gasteiger charge is -2.20. The van der Waals surface area contributed by atoms with Gasteiger partial charge in [0, 0.05) is 27.8 Å². The van der Waals surface area contributed by atoms with Crippen LogP contribution in [0, 0.1) is 0 Å². The minimum Gasteiger partial charge on any atom is -0.343 e. The molecule has 0 saturated heterocycles. The van der Waals surface area contributed by atoms with E-state index in [1.54, 1.807) is 0 Å². The zero-order valence-corrected chi connectivity index (χ0v) is 16.8. The van der Waals surface area contributed by atoms with Crippen LogP contribution in [0.25, 0.3) is 21.8 Å². The number of hydrogen-bond acceptors (Lipinski definition) is 0. The first-order valence-corrected chi connectivity index (χ1v) is 9.02. The lowest BCUT2D eigenvalue weighted by molar-refractivity contribution is 0.590. The smallest absolute Gasteiger partial charge is 0.0633 e. The highest BCUT2D eigenvalue weighted by Crippen LogP contribution is 2.38. The molecular formula is C21H26BrN. The molecule has 2 aromatic carbocycles. The minimum atomic E-state index is 0.139. The average molecular weight is 372 g/mol. The Labute approximate surface area is 147 Å². The fourth-order valence-electron chi connectivity index (χ4n) is 3.21. The van der Waals surface area contributed by atoms with Gasteiger partial charge < -0.3 is 4.57 Å². The predicted molar refractivity (Wildman–Crippen MR) is 106 cm³/mol. The van der Waals surface area contributed by atoms with Gasteiger partial charge in [-0.25, -0.2) is 0 Å². The summed E-state index contributed by atoms with van der Waals surface area (Å²) >= 11 is 3.81. The molecule has 0 N–H and O–H groups in total. The molecular weight excluding hydrogens is 346 g/mol. The Morgan fingerprint density at radius 2 is 1.35 bits per heavy atom. The molecule has 3 rings (SSSR count). The topological polar surface area (TPSA) is 4.93 Å². The molecule has 0 aliphatic heterocycles. The summed E-state index contributed by atoms with van der Waals surface area (Å²) < 4.78 is 3.48. The summed E-state index contributed by atoms with van der Waals surface area (Å²) in [7, 11) is 2.16. The van der Waals surface area contributed by atoms with Crippen LogP contribution in [-0.4, -0.2) is 4.57 Å². The van der Waals surface area contributed by atoms with Crippen molar-refractivity contribution < 1.29 is 0 Å². The molecule has 0 fully saturated rings. The number of nitrogens with zero attached hydrogens (tertiary/aromatic N) is 1. The van der Waals surface area contributed by atoms with Crippen molar-refractivity contribution in [2.45, 2.75) is 52.4 Å². The Bertz CT molecular complexity index is 902. The third-order valence-corrected chi connectivity index (χ3v) is 5.38. The number of aromatic nitrogens is 1. The number of hydrogen-bond donors (Lipinski definition) is 0. The van der Waals surface area contributed by atoms with E-state index in [-0.39, 0.29) is 10.8 Å². The molecule has 2 heteroatoms. The third kappa shape index (κ3) is 2.71. The Balaban J connectivity index is 2.45. The van der Waals surface area contributed by atoms with Gasteiger partial charge in [-0.3, -0.25) is 0 Å². The third-order valence-electron chi connectivity index (χ3n) is 4.78. The van der Waals surface area contributed by atoms with E-state index in [2.05, 4.69) is 99.4 Å². The van der Waals surface area contributed by atoms with Crippen LogP contribution in [0.4, 0.5) is 0 Å². The summed E-state index contributed by atoms with van der Waals surface area (Å²) in [5.41, 5.74) is 5.62. The number of fused-ring (bicyclic) bond motifs is 3. The van der Waals surface area contributed by atoms with Crippen LogP contribution < -0.4 is 0 Å². The molecule has 0 amide bonds. The highest BCUT2D eigenvalue weighted by atomic mass is 79.9. The molecule has 0 radical (unpaired) electrons. The standard InChI is InChI=1S/C21H26BrN/c1-20(2,3)13-8-9-18-15(10-13)16-11-14(21(4,5)6)12-17(22)19(16)23(18)7/h8-12H,1-7H3. The van der Waals surface area contributed by atoms with Gasteiger partial charge in [0.15, 0.2) is 0 Å². The Hall–Kier alpha value is -1.28. The van der Waals surface area contributed by atoms with Crippen LogP contribution in [0.1, 0.15) is 52.7 Å².